The van der Waals surface area contributed by atoms with Gasteiger partial charge in [-0.25, -0.2) is 9.36 Å². The monoisotopic (exact) mass is 889 g/mol. The van der Waals surface area contributed by atoms with Gasteiger partial charge in [0, 0.05) is 84.1 Å². The Labute approximate surface area is 367 Å². The number of hydrogen-bond acceptors (Lipinski definition) is 17. The number of rotatable bonds is 26. The van der Waals surface area contributed by atoms with Gasteiger partial charge in [-0.2, -0.15) is 15.0 Å². The molecule has 2 saturated heterocycles. The zero-order valence-corrected chi connectivity index (χ0v) is 36.1. The number of amides is 2. The quantitative estimate of drug-likeness (QED) is 0.0433. The van der Waals surface area contributed by atoms with Gasteiger partial charge in [-0.3, -0.25) is 14.4 Å². The topological polar surface area (TPSA) is 272 Å². The van der Waals surface area contributed by atoms with Crippen molar-refractivity contribution in [2.75, 3.05) is 120 Å². The van der Waals surface area contributed by atoms with Crippen molar-refractivity contribution in [2.45, 2.75) is 64.1 Å². The molecule has 5 heterocycles. The summed E-state index contributed by atoms with van der Waals surface area (Å²) in [4.78, 5) is 60.3. The van der Waals surface area contributed by atoms with Crippen LogP contribution < -0.4 is 33.3 Å². The highest BCUT2D eigenvalue weighted by molar-refractivity contribution is 5.80. The maximum atomic E-state index is 14.0. The van der Waals surface area contributed by atoms with Gasteiger partial charge >= 0.3 is 5.97 Å². The second-order valence-corrected chi connectivity index (χ2v) is 14.8. The number of halogens is 1. The van der Waals surface area contributed by atoms with Crippen LogP contribution in [-0.4, -0.2) is 194 Å². The molecule has 2 atom stereocenters. The number of carboxylic acid groups (broad SMARTS) is 1. The standard InChI is InChI=1S/C38H59N15O8.ClH/c1-3-19-59-21-23-61-24-22-60-20-10-40-36-41-37(50-15-11-48(12-16-50)33(55)28-52-26-31(45-46-52)25-29(2)54)43-38(42-36)51-17-13-49(14-18-51)35(58)32(6-4-5-9-39)53-27-30(44-47-53)7-8-34(56)57;/h1,26-27,29,32,54H,4-25,28,39H2,2H3,(H,56,57)(H,40,41,42,43);1H/t29?,32-;/m0./s1. The summed E-state index contributed by atoms with van der Waals surface area (Å²) in [5.74, 6) is 2.63. The minimum atomic E-state index is -0.923. The molecule has 0 aromatic carbocycles. The van der Waals surface area contributed by atoms with Gasteiger partial charge in [-0.15, -0.1) is 16.6 Å². The third-order valence-electron chi connectivity index (χ3n) is 9.98. The number of carboxylic acids is 1. The number of carbonyl (C=O) groups excluding carboxylic acids is 2. The lowest BCUT2D eigenvalue weighted by Gasteiger charge is -2.37. The van der Waals surface area contributed by atoms with Crippen molar-refractivity contribution in [2.24, 2.45) is 0 Å². The van der Waals surface area contributed by atoms with Crippen LogP contribution in [0.1, 0.15) is 50.0 Å². The summed E-state index contributed by atoms with van der Waals surface area (Å²) in [5, 5.41) is 38.5. The zero-order valence-electron chi connectivity index (χ0n) is 35.4. The van der Waals surface area contributed by atoms with E-state index in [1.807, 2.05) is 14.7 Å². The highest BCUT2D eigenvalue weighted by atomic mass is 35.5. The maximum Gasteiger partial charge on any atom is 0.303 e. The van der Waals surface area contributed by atoms with Crippen molar-refractivity contribution >= 4 is 35.6 Å². The molecule has 0 bridgehead atoms. The minimum Gasteiger partial charge on any atom is -1.00 e. The van der Waals surface area contributed by atoms with Gasteiger partial charge in [0.15, 0.2) is 0 Å². The van der Waals surface area contributed by atoms with Crippen LogP contribution in [0.3, 0.4) is 0 Å². The molecule has 0 radical (unpaired) electrons. The Morgan fingerprint density at radius 1 is 0.855 bits per heavy atom. The first-order valence-electron chi connectivity index (χ1n) is 20.9. The summed E-state index contributed by atoms with van der Waals surface area (Å²) < 4.78 is 19.5. The first kappa shape index (κ1) is 49.4. The average molecular weight is 890 g/mol. The number of aliphatic hydroxyl groups is 1. The fourth-order valence-corrected chi connectivity index (χ4v) is 6.76. The summed E-state index contributed by atoms with van der Waals surface area (Å²) in [5.41, 5.74) is 5.08. The molecule has 62 heavy (non-hydrogen) atoms. The largest absolute Gasteiger partial charge is 1.00 e. The number of nitrogens with zero attached hydrogens (tertiary/aromatic N) is 13. The number of aliphatic carboxylic acids is 1. The first-order chi connectivity index (χ1) is 29.6. The zero-order chi connectivity index (χ0) is 43.4. The summed E-state index contributed by atoms with van der Waals surface area (Å²) in [6, 6.07) is -0.570. The third kappa shape index (κ3) is 15.9. The number of aryl methyl sites for hydroxylation is 1. The number of quaternary nitrogens is 1. The number of hydrogen-bond donors (Lipinski definition) is 4. The fourth-order valence-electron chi connectivity index (χ4n) is 6.76. The summed E-state index contributed by atoms with van der Waals surface area (Å²) in [6.45, 7) is 8.87. The molecule has 0 saturated carbocycles. The number of unbranched alkanes of at least 4 members (excludes halogenated alkanes) is 1. The molecule has 24 heteroatoms. The van der Waals surface area contributed by atoms with Gasteiger partial charge in [0.25, 0.3) is 0 Å². The number of terminal acetylenes is 1. The number of anilines is 3. The van der Waals surface area contributed by atoms with E-state index in [0.717, 1.165) is 19.4 Å². The normalized spacial score (nSPS) is 15.2. The van der Waals surface area contributed by atoms with Crippen LogP contribution in [0, 0.1) is 12.3 Å². The highest BCUT2D eigenvalue weighted by Crippen LogP contribution is 2.23. The van der Waals surface area contributed by atoms with E-state index < -0.39 is 18.1 Å². The van der Waals surface area contributed by atoms with E-state index in [0.29, 0.717) is 134 Å². The molecule has 2 aliphatic rings. The smallest absolute Gasteiger partial charge is 0.303 e. The molecular formula is C38H60ClN15O8. The minimum absolute atomic E-state index is 0. The Kier molecular flexibility index (Phi) is 20.9. The Morgan fingerprint density at radius 2 is 1.48 bits per heavy atom. The van der Waals surface area contributed by atoms with E-state index in [2.05, 4.69) is 37.6 Å². The average Bonchev–Trinajstić information content (AvgIpc) is 3.92. The van der Waals surface area contributed by atoms with Gasteiger partial charge in [0.05, 0.1) is 63.5 Å². The van der Waals surface area contributed by atoms with E-state index >= 15 is 0 Å². The molecule has 5 rings (SSSR count). The van der Waals surface area contributed by atoms with Crippen molar-refractivity contribution in [3.63, 3.8) is 0 Å². The predicted molar refractivity (Wildman–Crippen MR) is 219 cm³/mol. The van der Waals surface area contributed by atoms with E-state index in [9.17, 15) is 19.5 Å². The molecule has 2 aliphatic heterocycles. The van der Waals surface area contributed by atoms with Crippen LogP contribution in [0.15, 0.2) is 12.4 Å². The molecule has 342 valence electrons. The van der Waals surface area contributed by atoms with Crippen molar-refractivity contribution in [3.05, 3.63) is 23.8 Å². The van der Waals surface area contributed by atoms with E-state index in [-0.39, 0.29) is 50.2 Å². The van der Waals surface area contributed by atoms with Gasteiger partial charge in [0.1, 0.15) is 19.2 Å². The molecule has 0 spiro atoms. The fraction of sp³-hybridized carbons (Fsp3) is 0.684. The van der Waals surface area contributed by atoms with Crippen molar-refractivity contribution in [1.82, 2.24) is 54.7 Å². The maximum absolute atomic E-state index is 14.0. The third-order valence-corrected chi connectivity index (χ3v) is 9.98. The number of ether oxygens (including phenoxy) is 3. The SMILES string of the molecule is C#CCOCCOCCOCCNc1nc(N2CCN(C(=O)Cn3cc(CC(C)O)nn3)CC2)nc(N2CCN(C(=O)[C@H](CCCC[NH3+])n3cc(CCC(=O)O)nn3)CC2)n1.[Cl-]. The second-order valence-electron chi connectivity index (χ2n) is 14.8. The molecule has 2 fully saturated rings. The van der Waals surface area contributed by atoms with Crippen LogP contribution in [0.2, 0.25) is 0 Å². The lowest BCUT2D eigenvalue weighted by Crippen LogP contribution is -3.00. The predicted octanol–water partition coefficient (Wildman–Crippen LogP) is -5.26. The molecule has 1 unspecified atom stereocenters. The van der Waals surface area contributed by atoms with E-state index in [4.69, 9.17) is 40.7 Å². The Bertz CT molecular complexity index is 1860. The summed E-state index contributed by atoms with van der Waals surface area (Å²) in [7, 11) is 0. The van der Waals surface area contributed by atoms with E-state index in [1.54, 1.807) is 28.9 Å². The molecule has 0 aliphatic carbocycles. The summed E-state index contributed by atoms with van der Waals surface area (Å²) >= 11 is 0. The van der Waals surface area contributed by atoms with Crippen molar-refractivity contribution in [3.8, 4) is 12.3 Å². The Hall–Kier alpha value is -5.25. The van der Waals surface area contributed by atoms with Crippen LogP contribution in [0.25, 0.3) is 0 Å². The first-order valence-corrected chi connectivity index (χ1v) is 20.9. The Balaban J connectivity index is 0.00000845. The molecule has 3 aromatic rings. The van der Waals surface area contributed by atoms with Gasteiger partial charge in [0.2, 0.25) is 29.7 Å². The van der Waals surface area contributed by atoms with Crippen LogP contribution >= 0.6 is 0 Å². The van der Waals surface area contributed by atoms with Crippen molar-refractivity contribution in [1.29, 1.82) is 0 Å². The van der Waals surface area contributed by atoms with Gasteiger partial charge < -0.3 is 67.5 Å². The lowest BCUT2D eigenvalue weighted by atomic mass is 10.1. The van der Waals surface area contributed by atoms with Crippen LogP contribution in [0.5, 0.6) is 0 Å². The number of aromatic nitrogens is 9. The summed E-state index contributed by atoms with van der Waals surface area (Å²) in [6.07, 6.45) is 10.7. The molecule has 23 nitrogen and oxygen atoms in total. The van der Waals surface area contributed by atoms with Crippen molar-refractivity contribution < 1.29 is 56.9 Å². The number of piperazine rings is 2. The molecule has 6 N–H and O–H groups in total. The van der Waals surface area contributed by atoms with Crippen LogP contribution in [-0.2, 0) is 48.0 Å². The van der Waals surface area contributed by atoms with Gasteiger partial charge in [-0.1, -0.05) is 16.3 Å². The molecule has 2 amide bonds. The number of aliphatic hydroxyl groups excluding tert-OH is 1. The second kappa shape index (κ2) is 26.3. The highest BCUT2D eigenvalue weighted by Gasteiger charge is 2.31. The number of nitrogens with one attached hydrogen (secondary N) is 1. The van der Waals surface area contributed by atoms with Crippen LogP contribution in [0.4, 0.5) is 17.8 Å². The van der Waals surface area contributed by atoms with Gasteiger partial charge in [-0.05, 0) is 26.2 Å². The molecule has 3 aromatic heterocycles. The molecular weight excluding hydrogens is 830 g/mol. The van der Waals surface area contributed by atoms with E-state index in [1.165, 1.54) is 4.68 Å². The number of carbonyl (C=O) groups is 3. The Morgan fingerprint density at radius 3 is 2.11 bits per heavy atom. The lowest BCUT2D eigenvalue weighted by molar-refractivity contribution is -0.368.